The second-order valence-electron chi connectivity index (χ2n) is 4.54. The first kappa shape index (κ1) is 13.7. The van der Waals surface area contributed by atoms with Crippen molar-refractivity contribution in [3.05, 3.63) is 51.1 Å². The molecule has 0 atom stereocenters. The van der Waals surface area contributed by atoms with Gasteiger partial charge in [-0.1, -0.05) is 35.0 Å². The molecule has 1 aromatic heterocycles. The Morgan fingerprint density at radius 1 is 1.05 bits per heavy atom. The van der Waals surface area contributed by atoms with E-state index in [1.165, 1.54) is 0 Å². The van der Waals surface area contributed by atoms with Gasteiger partial charge in [-0.2, -0.15) is 0 Å². The highest BCUT2D eigenvalue weighted by Gasteiger charge is 2.17. The van der Waals surface area contributed by atoms with Gasteiger partial charge in [-0.25, -0.2) is 0 Å². The third-order valence-corrected chi connectivity index (χ3v) is 4.79. The van der Waals surface area contributed by atoms with Gasteiger partial charge in [0.15, 0.2) is 0 Å². The minimum absolute atomic E-state index is 0.262. The van der Waals surface area contributed by atoms with Crippen molar-refractivity contribution in [2.24, 2.45) is 0 Å². The monoisotopic (exact) mass is 394 g/mol. The van der Waals surface area contributed by atoms with E-state index >= 15 is 0 Å². The highest BCUT2D eigenvalue weighted by Crippen LogP contribution is 2.42. The lowest BCUT2D eigenvalue weighted by Crippen LogP contribution is -1.82. The maximum atomic E-state index is 9.44. The Morgan fingerprint density at radius 3 is 2.40 bits per heavy atom. The summed E-state index contributed by atoms with van der Waals surface area (Å²) in [5.41, 5.74) is 2.96. The first-order chi connectivity index (χ1) is 9.61. The van der Waals surface area contributed by atoms with Gasteiger partial charge in [-0.05, 0) is 45.8 Å². The van der Waals surface area contributed by atoms with Crippen molar-refractivity contribution in [1.29, 1.82) is 0 Å². The second-order valence-corrected chi connectivity index (χ2v) is 6.18. The average Bonchev–Trinajstić information content (AvgIpc) is 2.77. The van der Waals surface area contributed by atoms with E-state index in [1.807, 2.05) is 24.3 Å². The molecule has 2 nitrogen and oxygen atoms in total. The minimum atomic E-state index is 0.262. The summed E-state index contributed by atoms with van der Waals surface area (Å²) in [6, 6.07) is 11.1. The van der Waals surface area contributed by atoms with Gasteiger partial charge in [0.25, 0.3) is 0 Å². The number of phenols is 1. The minimum Gasteiger partial charge on any atom is -0.508 e. The van der Waals surface area contributed by atoms with Crippen LogP contribution in [-0.4, -0.2) is 5.11 Å². The number of aryl methyl sites for hydroxylation is 1. The second kappa shape index (κ2) is 5.26. The van der Waals surface area contributed by atoms with E-state index in [2.05, 4.69) is 38.8 Å². The number of halogens is 2. The number of aromatic hydroxyl groups is 1. The Labute approximate surface area is 133 Å². The van der Waals surface area contributed by atoms with Gasteiger partial charge in [0.05, 0.1) is 4.47 Å². The molecule has 1 heterocycles. The van der Waals surface area contributed by atoms with Crippen molar-refractivity contribution in [2.75, 3.05) is 0 Å². The summed E-state index contributed by atoms with van der Waals surface area (Å²) in [6.07, 6.45) is 0.835. The van der Waals surface area contributed by atoms with Gasteiger partial charge in [0, 0.05) is 21.8 Å². The molecule has 0 saturated carbocycles. The van der Waals surface area contributed by atoms with E-state index in [1.54, 1.807) is 12.1 Å². The third-order valence-electron chi connectivity index (χ3n) is 3.29. The molecule has 0 aliphatic carbocycles. The summed E-state index contributed by atoms with van der Waals surface area (Å²) >= 11 is 7.26. The Balaban J connectivity index is 2.36. The summed E-state index contributed by atoms with van der Waals surface area (Å²) in [5.74, 6) is 1.20. The van der Waals surface area contributed by atoms with Crippen LogP contribution in [0.15, 0.2) is 49.8 Å². The summed E-state index contributed by atoms with van der Waals surface area (Å²) < 4.78 is 7.87. The van der Waals surface area contributed by atoms with Gasteiger partial charge in [0.2, 0.25) is 0 Å². The first-order valence-corrected chi connectivity index (χ1v) is 7.89. The van der Waals surface area contributed by atoms with Crippen LogP contribution in [0.5, 0.6) is 5.75 Å². The number of phenolic OH excluding ortho intramolecular Hbond substituents is 1. The summed E-state index contributed by atoms with van der Waals surface area (Å²) in [4.78, 5) is 0. The van der Waals surface area contributed by atoms with Crippen molar-refractivity contribution in [2.45, 2.75) is 13.3 Å². The van der Waals surface area contributed by atoms with Gasteiger partial charge in [-0.15, -0.1) is 0 Å². The van der Waals surface area contributed by atoms with Crippen LogP contribution in [0.2, 0.25) is 0 Å². The normalized spacial score (nSPS) is 11.2. The molecule has 0 fully saturated rings. The molecule has 0 aliphatic heterocycles. The summed E-state index contributed by atoms with van der Waals surface area (Å²) in [5, 5.41) is 10.5. The van der Waals surface area contributed by atoms with Gasteiger partial charge < -0.3 is 9.52 Å². The molecule has 20 heavy (non-hydrogen) atoms. The number of hydrogen-bond acceptors (Lipinski definition) is 2. The lowest BCUT2D eigenvalue weighted by Gasteiger charge is -2.07. The fraction of sp³-hybridized carbons (Fsp3) is 0.125. The molecule has 1 N–H and O–H groups in total. The lowest BCUT2D eigenvalue weighted by molar-refractivity contribution is 0.475. The molecule has 0 spiro atoms. The van der Waals surface area contributed by atoms with Crippen LogP contribution in [0.1, 0.15) is 12.7 Å². The van der Waals surface area contributed by atoms with Crippen LogP contribution in [0.4, 0.5) is 0 Å². The average molecular weight is 396 g/mol. The van der Waals surface area contributed by atoms with Crippen LogP contribution in [-0.2, 0) is 6.42 Å². The zero-order valence-corrected chi connectivity index (χ0v) is 14.0. The van der Waals surface area contributed by atoms with Gasteiger partial charge in [0.1, 0.15) is 17.1 Å². The Kier molecular flexibility index (Phi) is 3.61. The molecule has 0 amide bonds. The maximum absolute atomic E-state index is 9.44. The lowest BCUT2D eigenvalue weighted by atomic mass is 10.0. The molecule has 4 heteroatoms. The van der Waals surface area contributed by atoms with E-state index in [0.717, 1.165) is 43.2 Å². The van der Waals surface area contributed by atoms with Crippen molar-refractivity contribution >= 4 is 42.8 Å². The molecule has 0 bridgehead atoms. The maximum Gasteiger partial charge on any atom is 0.136 e. The molecule has 0 unspecified atom stereocenters. The first-order valence-electron chi connectivity index (χ1n) is 6.30. The van der Waals surface area contributed by atoms with E-state index < -0.39 is 0 Å². The van der Waals surface area contributed by atoms with Gasteiger partial charge in [-0.3, -0.25) is 0 Å². The molecule has 0 saturated heterocycles. The zero-order chi connectivity index (χ0) is 14.3. The highest BCUT2D eigenvalue weighted by atomic mass is 79.9. The van der Waals surface area contributed by atoms with Crippen LogP contribution in [0.25, 0.3) is 22.1 Å². The SMILES string of the molecule is CCc1oc2ccc(Br)c(-c3ccc(O)cc3)c2c1Br. The third kappa shape index (κ3) is 2.17. The molecule has 3 aromatic rings. The van der Waals surface area contributed by atoms with Crippen molar-refractivity contribution in [1.82, 2.24) is 0 Å². The fourth-order valence-corrected chi connectivity index (χ4v) is 3.63. The van der Waals surface area contributed by atoms with Crippen LogP contribution < -0.4 is 0 Å². The molecular formula is C16H12Br2O2. The van der Waals surface area contributed by atoms with Crippen LogP contribution >= 0.6 is 31.9 Å². The number of rotatable bonds is 2. The largest absolute Gasteiger partial charge is 0.508 e. The number of benzene rings is 2. The quantitative estimate of drug-likeness (QED) is 0.586. The van der Waals surface area contributed by atoms with E-state index in [-0.39, 0.29) is 5.75 Å². The van der Waals surface area contributed by atoms with E-state index in [9.17, 15) is 5.11 Å². The van der Waals surface area contributed by atoms with Crippen molar-refractivity contribution < 1.29 is 9.52 Å². The smallest absolute Gasteiger partial charge is 0.136 e. The topological polar surface area (TPSA) is 33.4 Å². The Bertz CT molecular complexity index is 773. The van der Waals surface area contributed by atoms with E-state index in [4.69, 9.17) is 4.42 Å². The van der Waals surface area contributed by atoms with Crippen LogP contribution in [0, 0.1) is 0 Å². The standard InChI is InChI=1S/C16H12Br2O2/c1-2-12-16(18)15-13(20-12)8-7-11(17)14(15)9-3-5-10(19)6-4-9/h3-8,19H,2H2,1H3. The zero-order valence-electron chi connectivity index (χ0n) is 10.8. The molecule has 2 aromatic carbocycles. The number of fused-ring (bicyclic) bond motifs is 1. The van der Waals surface area contributed by atoms with Crippen molar-refractivity contribution in [3.8, 4) is 16.9 Å². The Hall–Kier alpha value is -1.26. The summed E-state index contributed by atoms with van der Waals surface area (Å²) in [7, 11) is 0. The van der Waals surface area contributed by atoms with Crippen LogP contribution in [0.3, 0.4) is 0 Å². The number of furan rings is 1. The predicted octanol–water partition coefficient (Wildman–Crippen LogP) is 5.89. The molecule has 0 aliphatic rings. The van der Waals surface area contributed by atoms with E-state index in [0.29, 0.717) is 0 Å². The molecule has 0 radical (unpaired) electrons. The number of hydrogen-bond donors (Lipinski definition) is 1. The van der Waals surface area contributed by atoms with Gasteiger partial charge >= 0.3 is 0 Å². The predicted molar refractivity (Wildman–Crippen MR) is 88.1 cm³/mol. The fourth-order valence-electron chi connectivity index (χ4n) is 2.32. The molecule has 3 rings (SSSR count). The summed E-state index contributed by atoms with van der Waals surface area (Å²) in [6.45, 7) is 2.07. The Morgan fingerprint density at radius 2 is 1.75 bits per heavy atom. The molecular weight excluding hydrogens is 384 g/mol. The molecule has 102 valence electrons. The highest BCUT2D eigenvalue weighted by molar-refractivity contribution is 9.11. The van der Waals surface area contributed by atoms with Crippen molar-refractivity contribution in [3.63, 3.8) is 0 Å².